The van der Waals surface area contributed by atoms with E-state index in [1.165, 1.54) is 0 Å². The smallest absolute Gasteiger partial charge is 0.179 e. The summed E-state index contributed by atoms with van der Waals surface area (Å²) in [5, 5.41) is 4.22. The molecule has 1 unspecified atom stereocenters. The van der Waals surface area contributed by atoms with Crippen LogP contribution in [0.15, 0.2) is 12.1 Å². The Balaban J connectivity index is 2.09. The minimum Gasteiger partial charge on any atom is -0.489 e. The summed E-state index contributed by atoms with van der Waals surface area (Å²) in [6.45, 7) is 8.83. The number of hydrogen-bond donors (Lipinski definition) is 1. The van der Waals surface area contributed by atoms with Crippen molar-refractivity contribution in [1.82, 2.24) is 5.32 Å². The quantitative estimate of drug-likeness (QED) is 0.890. The molecular formula is C16H24ClNO2. The van der Waals surface area contributed by atoms with E-state index in [0.29, 0.717) is 35.9 Å². The van der Waals surface area contributed by atoms with Crippen LogP contribution < -0.4 is 14.8 Å². The maximum Gasteiger partial charge on any atom is 0.179 e. The van der Waals surface area contributed by atoms with Gasteiger partial charge < -0.3 is 14.8 Å². The first-order valence-electron chi connectivity index (χ1n) is 7.43. The van der Waals surface area contributed by atoms with Gasteiger partial charge in [0.2, 0.25) is 0 Å². The van der Waals surface area contributed by atoms with Crippen molar-refractivity contribution in [2.45, 2.75) is 46.2 Å². The van der Waals surface area contributed by atoms with E-state index in [9.17, 15) is 0 Å². The molecule has 20 heavy (non-hydrogen) atoms. The van der Waals surface area contributed by atoms with E-state index in [4.69, 9.17) is 21.1 Å². The fourth-order valence-electron chi connectivity index (χ4n) is 2.49. The predicted octanol–water partition coefficient (Wildman–Crippen LogP) is 4.03. The molecule has 1 aliphatic rings. The second-order valence-electron chi connectivity index (χ2n) is 5.60. The molecule has 2 rings (SSSR count). The molecular weight excluding hydrogens is 274 g/mol. The van der Waals surface area contributed by atoms with Crippen molar-refractivity contribution in [3.8, 4) is 11.5 Å². The van der Waals surface area contributed by atoms with Crippen molar-refractivity contribution in [2.75, 3.05) is 13.2 Å². The molecule has 1 N–H and O–H groups in total. The first kappa shape index (κ1) is 15.5. The Bertz CT molecular complexity index is 448. The number of rotatable bonds is 5. The van der Waals surface area contributed by atoms with E-state index in [1.54, 1.807) is 0 Å². The van der Waals surface area contributed by atoms with Crippen LogP contribution in [0.4, 0.5) is 0 Å². The number of hydrogen-bond acceptors (Lipinski definition) is 3. The molecule has 0 bridgehead atoms. The summed E-state index contributed by atoms with van der Waals surface area (Å²) >= 11 is 6.30. The summed E-state index contributed by atoms with van der Waals surface area (Å²) in [7, 11) is 0. The van der Waals surface area contributed by atoms with Crippen LogP contribution in [-0.4, -0.2) is 19.3 Å². The van der Waals surface area contributed by atoms with E-state index in [2.05, 4.69) is 26.1 Å². The van der Waals surface area contributed by atoms with E-state index in [-0.39, 0.29) is 0 Å². The second kappa shape index (κ2) is 7.19. The normalized spacial score (nSPS) is 16.1. The van der Waals surface area contributed by atoms with Crippen LogP contribution in [0.1, 0.15) is 39.2 Å². The molecule has 1 atom stereocenters. The van der Waals surface area contributed by atoms with E-state index in [1.807, 2.05) is 12.1 Å². The summed E-state index contributed by atoms with van der Waals surface area (Å²) in [5.74, 6) is 2.07. The van der Waals surface area contributed by atoms with Gasteiger partial charge >= 0.3 is 0 Å². The molecule has 1 heterocycles. The number of benzene rings is 1. The fourth-order valence-corrected chi connectivity index (χ4v) is 2.77. The van der Waals surface area contributed by atoms with Gasteiger partial charge in [-0.25, -0.2) is 0 Å². The monoisotopic (exact) mass is 297 g/mol. The largest absolute Gasteiger partial charge is 0.489 e. The molecule has 1 aliphatic heterocycles. The Hall–Kier alpha value is -0.930. The predicted molar refractivity (Wildman–Crippen MR) is 82.8 cm³/mol. The first-order valence-corrected chi connectivity index (χ1v) is 7.81. The molecule has 0 fully saturated rings. The van der Waals surface area contributed by atoms with Crippen LogP contribution in [-0.2, 0) is 6.54 Å². The number of nitrogens with one attached hydrogen (secondary N) is 1. The van der Waals surface area contributed by atoms with Crippen molar-refractivity contribution in [2.24, 2.45) is 5.92 Å². The summed E-state index contributed by atoms with van der Waals surface area (Å²) in [5.41, 5.74) is 1.14. The van der Waals surface area contributed by atoms with Gasteiger partial charge in [-0.1, -0.05) is 32.4 Å². The SMILES string of the molecule is CCC(NCc1cc(Cl)c2c(c1)OCCCO2)C(C)C. The summed E-state index contributed by atoms with van der Waals surface area (Å²) in [4.78, 5) is 0. The van der Waals surface area contributed by atoms with E-state index in [0.717, 1.165) is 30.7 Å². The molecule has 1 aromatic rings. The lowest BCUT2D eigenvalue weighted by Gasteiger charge is -2.21. The van der Waals surface area contributed by atoms with E-state index >= 15 is 0 Å². The average Bonchev–Trinajstić information content (AvgIpc) is 2.64. The molecule has 3 nitrogen and oxygen atoms in total. The van der Waals surface area contributed by atoms with Gasteiger partial charge in [0.15, 0.2) is 11.5 Å². The maximum absolute atomic E-state index is 6.30. The van der Waals surface area contributed by atoms with Gasteiger partial charge in [0.25, 0.3) is 0 Å². The molecule has 0 saturated carbocycles. The molecule has 112 valence electrons. The molecule has 0 saturated heterocycles. The zero-order valence-corrected chi connectivity index (χ0v) is 13.3. The van der Waals surface area contributed by atoms with Crippen LogP contribution in [0, 0.1) is 5.92 Å². The third kappa shape index (κ3) is 3.80. The standard InChI is InChI=1S/C16H24ClNO2/c1-4-14(11(2)3)18-10-12-8-13(17)16-15(9-12)19-6-5-7-20-16/h8-9,11,14,18H,4-7,10H2,1-3H3. The lowest BCUT2D eigenvalue weighted by Crippen LogP contribution is -2.32. The van der Waals surface area contributed by atoms with Crippen LogP contribution in [0.3, 0.4) is 0 Å². The van der Waals surface area contributed by atoms with E-state index < -0.39 is 0 Å². The number of halogens is 1. The van der Waals surface area contributed by atoms with Gasteiger partial charge in [-0.2, -0.15) is 0 Å². The minimum absolute atomic E-state index is 0.518. The fraction of sp³-hybridized carbons (Fsp3) is 0.625. The van der Waals surface area contributed by atoms with Crippen molar-refractivity contribution < 1.29 is 9.47 Å². The van der Waals surface area contributed by atoms with Crippen molar-refractivity contribution in [1.29, 1.82) is 0 Å². The maximum atomic E-state index is 6.30. The molecule has 4 heteroatoms. The third-order valence-corrected chi connectivity index (χ3v) is 3.96. The zero-order chi connectivity index (χ0) is 14.5. The Kier molecular flexibility index (Phi) is 5.55. The highest BCUT2D eigenvalue weighted by Crippen LogP contribution is 2.38. The lowest BCUT2D eigenvalue weighted by atomic mass is 10.0. The minimum atomic E-state index is 0.518. The highest BCUT2D eigenvalue weighted by atomic mass is 35.5. The Morgan fingerprint density at radius 2 is 2.00 bits per heavy atom. The van der Waals surface area contributed by atoms with Crippen LogP contribution in [0.2, 0.25) is 5.02 Å². The zero-order valence-electron chi connectivity index (χ0n) is 12.5. The average molecular weight is 298 g/mol. The third-order valence-electron chi connectivity index (χ3n) is 3.67. The molecule has 0 radical (unpaired) electrons. The number of fused-ring (bicyclic) bond motifs is 1. The van der Waals surface area contributed by atoms with Crippen LogP contribution in [0.25, 0.3) is 0 Å². The first-order chi connectivity index (χ1) is 9.61. The topological polar surface area (TPSA) is 30.5 Å². The summed E-state index contributed by atoms with van der Waals surface area (Å²) in [6.07, 6.45) is 2.01. The van der Waals surface area contributed by atoms with Gasteiger partial charge in [0.1, 0.15) is 0 Å². The molecule has 1 aromatic carbocycles. The van der Waals surface area contributed by atoms with Gasteiger partial charge in [-0.05, 0) is 30.0 Å². The Morgan fingerprint density at radius 3 is 2.70 bits per heavy atom. The van der Waals surface area contributed by atoms with Crippen molar-refractivity contribution >= 4 is 11.6 Å². The summed E-state index contributed by atoms with van der Waals surface area (Å²) < 4.78 is 11.4. The van der Waals surface area contributed by atoms with Gasteiger partial charge in [-0.15, -0.1) is 0 Å². The van der Waals surface area contributed by atoms with Crippen molar-refractivity contribution in [3.63, 3.8) is 0 Å². The Morgan fingerprint density at radius 1 is 1.25 bits per heavy atom. The summed E-state index contributed by atoms with van der Waals surface area (Å²) in [6, 6.07) is 4.52. The van der Waals surface area contributed by atoms with Gasteiger partial charge in [-0.3, -0.25) is 0 Å². The van der Waals surface area contributed by atoms with Crippen LogP contribution in [0.5, 0.6) is 11.5 Å². The molecule has 0 spiro atoms. The van der Waals surface area contributed by atoms with Gasteiger partial charge in [0, 0.05) is 19.0 Å². The van der Waals surface area contributed by atoms with Crippen LogP contribution >= 0.6 is 11.6 Å². The molecule has 0 amide bonds. The lowest BCUT2D eigenvalue weighted by molar-refractivity contribution is 0.297. The second-order valence-corrected chi connectivity index (χ2v) is 6.00. The van der Waals surface area contributed by atoms with Crippen molar-refractivity contribution in [3.05, 3.63) is 22.7 Å². The highest BCUT2D eigenvalue weighted by Gasteiger charge is 2.16. The molecule has 0 aliphatic carbocycles. The highest BCUT2D eigenvalue weighted by molar-refractivity contribution is 6.32. The molecule has 0 aromatic heterocycles. The Labute approximate surface area is 126 Å². The number of ether oxygens (including phenoxy) is 2. The van der Waals surface area contributed by atoms with Gasteiger partial charge in [0.05, 0.1) is 18.2 Å².